The van der Waals surface area contributed by atoms with E-state index in [-0.39, 0.29) is 25.0 Å². The van der Waals surface area contributed by atoms with Crippen LogP contribution in [0.3, 0.4) is 0 Å². The van der Waals surface area contributed by atoms with Crippen molar-refractivity contribution in [2.45, 2.75) is 26.1 Å². The van der Waals surface area contributed by atoms with Gasteiger partial charge in [-0.3, -0.25) is 9.78 Å². The lowest BCUT2D eigenvalue weighted by Crippen LogP contribution is -2.20. The van der Waals surface area contributed by atoms with Crippen LogP contribution in [0.2, 0.25) is 0 Å². The Morgan fingerprint density at radius 3 is 2.71 bits per heavy atom. The highest BCUT2D eigenvalue weighted by atomic mass is 32.1. The fourth-order valence-corrected chi connectivity index (χ4v) is 3.48. The van der Waals surface area contributed by atoms with E-state index in [2.05, 4.69) is 35.6 Å². The molecule has 0 fully saturated rings. The summed E-state index contributed by atoms with van der Waals surface area (Å²) >= 11 is 0. The second-order valence-corrected chi connectivity index (χ2v) is 7.29. The fraction of sp³-hybridized carbons (Fsp3) is 0.250. The van der Waals surface area contributed by atoms with Gasteiger partial charge in [0.2, 0.25) is 0 Å². The minimum atomic E-state index is -2.91. The van der Waals surface area contributed by atoms with Gasteiger partial charge in [0.1, 0.15) is 18.0 Å². The predicted molar refractivity (Wildman–Crippen MR) is 135 cm³/mol. The van der Waals surface area contributed by atoms with E-state index >= 15 is 0 Å². The van der Waals surface area contributed by atoms with Gasteiger partial charge in [0.15, 0.2) is 5.82 Å². The quantitative estimate of drug-likeness (QED) is 0.410. The monoisotopic (exact) mass is 484 g/mol. The number of rotatable bonds is 7. The van der Waals surface area contributed by atoms with Crippen LogP contribution in [0, 0.1) is 5.82 Å². The summed E-state index contributed by atoms with van der Waals surface area (Å²) in [6.07, 6.45) is 2.32. The van der Waals surface area contributed by atoms with Crippen molar-refractivity contribution in [1.82, 2.24) is 30.2 Å². The molecule has 3 heterocycles. The van der Waals surface area contributed by atoms with Crippen LogP contribution >= 0.6 is 13.5 Å². The second-order valence-electron chi connectivity index (χ2n) is 7.29. The van der Waals surface area contributed by atoms with E-state index in [0.717, 1.165) is 11.8 Å². The molecule has 10 heteroatoms. The summed E-state index contributed by atoms with van der Waals surface area (Å²) in [6, 6.07) is 6.94. The molecule has 0 aliphatic carbocycles. The van der Waals surface area contributed by atoms with Crippen molar-refractivity contribution in [2.24, 2.45) is 0 Å². The normalized spacial score (nSPS) is 14.5. The second kappa shape index (κ2) is 11.0. The standard InChI is InChI=1S/C24H24FN7O.H2S/c1-4-20-28-10-15(11-29-20)19-8-21(32-13-31-19)27-9-14(2)16-6-5-7-17-22(24(33)26-3)18(25)12-30-23(16)17;/h5-8,10-14H,4,9H2,1-3H3,(H,26,33)(H,27,31,32);1H2/t14-;/m1./s1/i1D3,4D2;. The number of nitrogens with one attached hydrogen (secondary N) is 2. The first-order chi connectivity index (χ1) is 17.9. The molecule has 0 radical (unpaired) electrons. The third-order valence-corrected chi connectivity index (χ3v) is 5.18. The van der Waals surface area contributed by atoms with E-state index in [1.165, 1.54) is 25.8 Å². The van der Waals surface area contributed by atoms with E-state index in [0.29, 0.717) is 34.5 Å². The maximum absolute atomic E-state index is 14.4. The number of carbonyl (C=O) groups is 1. The number of hydrogen-bond donors (Lipinski definition) is 2. The molecule has 0 aliphatic rings. The van der Waals surface area contributed by atoms with Crippen LogP contribution < -0.4 is 10.6 Å². The number of aromatic nitrogens is 5. The maximum Gasteiger partial charge on any atom is 0.254 e. The fourth-order valence-electron chi connectivity index (χ4n) is 3.48. The summed E-state index contributed by atoms with van der Waals surface area (Å²) in [6.45, 7) is -0.521. The van der Waals surface area contributed by atoms with Gasteiger partial charge in [0.05, 0.1) is 23.0 Å². The van der Waals surface area contributed by atoms with Crippen LogP contribution in [0.5, 0.6) is 0 Å². The molecule has 3 aromatic heterocycles. The number of hydrogen-bond acceptors (Lipinski definition) is 7. The average Bonchev–Trinajstić information content (AvgIpc) is 2.90. The Balaban J connectivity index is 0.00000420. The molecule has 34 heavy (non-hydrogen) atoms. The number of nitrogens with zero attached hydrogens (tertiary/aromatic N) is 5. The highest BCUT2D eigenvalue weighted by molar-refractivity contribution is 7.59. The molecular weight excluding hydrogens is 453 g/mol. The Morgan fingerprint density at radius 2 is 1.97 bits per heavy atom. The van der Waals surface area contributed by atoms with Crippen LogP contribution in [-0.2, 0) is 6.37 Å². The van der Waals surface area contributed by atoms with E-state index < -0.39 is 30.8 Å². The van der Waals surface area contributed by atoms with E-state index in [1.807, 2.05) is 13.0 Å². The minimum Gasteiger partial charge on any atom is -0.369 e. The average molecular weight is 485 g/mol. The topological polar surface area (TPSA) is 106 Å². The first-order valence-electron chi connectivity index (χ1n) is 12.6. The van der Waals surface area contributed by atoms with Gasteiger partial charge in [-0.2, -0.15) is 13.5 Å². The van der Waals surface area contributed by atoms with Crippen molar-refractivity contribution in [3.63, 3.8) is 0 Å². The molecule has 0 saturated carbocycles. The van der Waals surface area contributed by atoms with Crippen LogP contribution in [0.1, 0.15) is 48.3 Å². The summed E-state index contributed by atoms with van der Waals surface area (Å²) in [5.74, 6) is -1.27. The predicted octanol–water partition coefficient (Wildman–Crippen LogP) is 3.87. The zero-order chi connectivity index (χ0) is 27.7. The summed E-state index contributed by atoms with van der Waals surface area (Å²) < 4.78 is 52.1. The number of fused-ring (bicyclic) bond motifs is 1. The molecule has 0 aliphatic heterocycles. The van der Waals surface area contributed by atoms with Gasteiger partial charge in [-0.1, -0.05) is 32.0 Å². The summed E-state index contributed by atoms with van der Waals surface area (Å²) in [7, 11) is 1.44. The molecule has 0 saturated heterocycles. The maximum atomic E-state index is 14.4. The molecule has 4 rings (SSSR count). The van der Waals surface area contributed by atoms with Crippen molar-refractivity contribution < 1.29 is 16.0 Å². The number of carbonyl (C=O) groups excluding carboxylic acids is 1. The molecule has 176 valence electrons. The number of para-hydroxylation sites is 1. The van der Waals surface area contributed by atoms with Gasteiger partial charge in [0.25, 0.3) is 5.91 Å². The van der Waals surface area contributed by atoms with Crippen molar-refractivity contribution in [1.29, 1.82) is 0 Å². The Morgan fingerprint density at radius 1 is 1.18 bits per heavy atom. The van der Waals surface area contributed by atoms with Crippen LogP contribution in [0.25, 0.3) is 22.2 Å². The van der Waals surface area contributed by atoms with Crippen LogP contribution in [0.4, 0.5) is 10.2 Å². The molecule has 1 amide bonds. The molecule has 0 spiro atoms. The van der Waals surface area contributed by atoms with Gasteiger partial charge in [-0.05, 0) is 5.56 Å². The van der Waals surface area contributed by atoms with Crippen molar-refractivity contribution >= 4 is 36.1 Å². The van der Waals surface area contributed by atoms with Gasteiger partial charge in [-0.25, -0.2) is 24.3 Å². The summed E-state index contributed by atoms with van der Waals surface area (Å²) in [5, 5.41) is 6.11. The molecule has 2 N–H and O–H groups in total. The van der Waals surface area contributed by atoms with E-state index in [9.17, 15) is 9.18 Å². The number of benzene rings is 1. The molecule has 1 aromatic carbocycles. The molecule has 4 aromatic rings. The third kappa shape index (κ3) is 5.12. The number of pyridine rings is 1. The number of amides is 1. The largest absolute Gasteiger partial charge is 0.369 e. The summed E-state index contributed by atoms with van der Waals surface area (Å²) in [5.41, 5.74) is 2.20. The number of halogens is 1. The Labute approximate surface area is 211 Å². The SMILES string of the molecule is S.[2H]C([2H])([2H])C([2H])([2H])c1ncc(-c2cc(NC[C@@H](C)c3cccc4c(C(=O)NC)c(F)cnc34)ncn2)cn1. The Bertz CT molecular complexity index is 1490. The first-order valence-corrected chi connectivity index (χ1v) is 10.1. The first kappa shape index (κ1) is 18.7. The molecule has 0 bridgehead atoms. The van der Waals surface area contributed by atoms with Crippen LogP contribution in [0.15, 0.2) is 49.2 Å². The number of aryl methyl sites for hydroxylation is 1. The van der Waals surface area contributed by atoms with Crippen molar-refractivity contribution in [3.8, 4) is 11.3 Å². The van der Waals surface area contributed by atoms with Gasteiger partial charge >= 0.3 is 0 Å². The lowest BCUT2D eigenvalue weighted by Gasteiger charge is -2.17. The highest BCUT2D eigenvalue weighted by Gasteiger charge is 2.19. The lowest BCUT2D eigenvalue weighted by atomic mass is 9.96. The van der Waals surface area contributed by atoms with E-state index in [4.69, 9.17) is 6.85 Å². The molecular formula is C24H26FN7OS. The smallest absolute Gasteiger partial charge is 0.254 e. The van der Waals surface area contributed by atoms with Gasteiger partial charge in [-0.15, -0.1) is 0 Å². The zero-order valence-corrected chi connectivity index (χ0v) is 19.4. The van der Waals surface area contributed by atoms with E-state index in [1.54, 1.807) is 18.2 Å². The molecule has 0 unspecified atom stereocenters. The molecule has 1 atom stereocenters. The minimum absolute atomic E-state index is 0. The lowest BCUT2D eigenvalue weighted by molar-refractivity contribution is 0.0960. The van der Waals surface area contributed by atoms with Crippen molar-refractivity contribution in [3.05, 3.63) is 72.0 Å². The molecule has 8 nitrogen and oxygen atoms in total. The Kier molecular flexibility index (Phi) is 6.05. The van der Waals surface area contributed by atoms with Gasteiger partial charge < -0.3 is 10.6 Å². The number of anilines is 1. The van der Waals surface area contributed by atoms with Gasteiger partial charge in [0, 0.05) is 62.1 Å². The Hall–Kier alpha value is -3.66. The summed E-state index contributed by atoms with van der Waals surface area (Å²) in [4.78, 5) is 32.7. The third-order valence-electron chi connectivity index (χ3n) is 5.18. The van der Waals surface area contributed by atoms with Crippen LogP contribution in [-0.4, -0.2) is 44.4 Å². The van der Waals surface area contributed by atoms with Crippen molar-refractivity contribution in [2.75, 3.05) is 18.9 Å². The zero-order valence-electron chi connectivity index (χ0n) is 23.4. The highest BCUT2D eigenvalue weighted by Crippen LogP contribution is 2.28.